The van der Waals surface area contributed by atoms with Gasteiger partial charge in [-0.1, -0.05) is 25.5 Å². The highest BCUT2D eigenvalue weighted by Gasteiger charge is 2.17. The fraction of sp³-hybridized carbons (Fsp3) is 0.188. The summed E-state index contributed by atoms with van der Waals surface area (Å²) in [5.41, 5.74) is 1.73. The number of benzene rings is 2. The van der Waals surface area contributed by atoms with Crippen molar-refractivity contribution >= 4 is 21.6 Å². The minimum atomic E-state index is -4.23. The van der Waals surface area contributed by atoms with Gasteiger partial charge in [0.25, 0.3) is 5.91 Å². The number of halogens is 1. The fourth-order valence-corrected chi connectivity index (χ4v) is 2.74. The molecule has 3 N–H and O–H groups in total. The smallest absolute Gasteiger partial charge is 0.255 e. The monoisotopic (exact) mass is 336 g/mol. The van der Waals surface area contributed by atoms with Crippen molar-refractivity contribution in [3.8, 4) is 0 Å². The largest absolute Gasteiger partial charge is 0.322 e. The van der Waals surface area contributed by atoms with Crippen molar-refractivity contribution < 1.29 is 17.6 Å². The number of rotatable bonds is 5. The minimum absolute atomic E-state index is 0.00746. The minimum Gasteiger partial charge on any atom is -0.322 e. The molecule has 1 amide bonds. The quantitative estimate of drug-likeness (QED) is 0.879. The van der Waals surface area contributed by atoms with E-state index in [4.69, 9.17) is 5.14 Å². The molecule has 0 fully saturated rings. The van der Waals surface area contributed by atoms with Crippen LogP contribution in [0.15, 0.2) is 47.4 Å². The maximum Gasteiger partial charge on any atom is 0.255 e. The maximum absolute atomic E-state index is 13.5. The van der Waals surface area contributed by atoms with Crippen LogP contribution >= 0.6 is 0 Å². The Morgan fingerprint density at radius 2 is 1.83 bits per heavy atom. The van der Waals surface area contributed by atoms with Crippen LogP contribution < -0.4 is 10.5 Å². The number of carbonyl (C=O) groups is 1. The highest BCUT2D eigenvalue weighted by Crippen LogP contribution is 2.17. The van der Waals surface area contributed by atoms with E-state index in [1.807, 2.05) is 12.1 Å². The summed E-state index contributed by atoms with van der Waals surface area (Å²) < 4.78 is 36.1. The van der Waals surface area contributed by atoms with Crippen molar-refractivity contribution in [1.29, 1.82) is 0 Å². The highest BCUT2D eigenvalue weighted by molar-refractivity contribution is 7.89. The lowest BCUT2D eigenvalue weighted by molar-refractivity contribution is 0.102. The Bertz CT molecular complexity index is 818. The average Bonchev–Trinajstić information content (AvgIpc) is 2.48. The Kier molecular flexibility index (Phi) is 5.12. The normalized spacial score (nSPS) is 11.3. The lowest BCUT2D eigenvalue weighted by atomic mass is 10.1. The van der Waals surface area contributed by atoms with E-state index in [0.29, 0.717) is 5.69 Å². The molecule has 122 valence electrons. The predicted octanol–water partition coefficient (Wildman–Crippen LogP) is 2.68. The molecule has 0 heterocycles. The number of anilines is 1. The lowest BCUT2D eigenvalue weighted by Gasteiger charge is -2.08. The topological polar surface area (TPSA) is 89.3 Å². The third-order valence-corrected chi connectivity index (χ3v) is 4.18. The van der Waals surface area contributed by atoms with Gasteiger partial charge in [0.1, 0.15) is 10.7 Å². The summed E-state index contributed by atoms with van der Waals surface area (Å²) in [4.78, 5) is 11.4. The van der Waals surface area contributed by atoms with Crippen LogP contribution in [0.1, 0.15) is 29.3 Å². The number of primary sulfonamides is 1. The average molecular weight is 336 g/mol. The van der Waals surface area contributed by atoms with Crippen molar-refractivity contribution in [3.05, 3.63) is 59.4 Å². The highest BCUT2D eigenvalue weighted by atomic mass is 32.2. The van der Waals surface area contributed by atoms with E-state index < -0.39 is 26.6 Å². The summed E-state index contributed by atoms with van der Waals surface area (Å²) in [6.07, 6.45) is 1.97. The maximum atomic E-state index is 13.5. The van der Waals surface area contributed by atoms with Crippen LogP contribution in [0.2, 0.25) is 0 Å². The van der Waals surface area contributed by atoms with E-state index in [9.17, 15) is 17.6 Å². The number of amides is 1. The van der Waals surface area contributed by atoms with Gasteiger partial charge >= 0.3 is 0 Å². The van der Waals surface area contributed by atoms with Crippen LogP contribution in [0.25, 0.3) is 0 Å². The molecule has 5 nitrogen and oxygen atoms in total. The van der Waals surface area contributed by atoms with Crippen LogP contribution in [0.4, 0.5) is 10.1 Å². The first kappa shape index (κ1) is 17.1. The van der Waals surface area contributed by atoms with Gasteiger partial charge < -0.3 is 5.32 Å². The van der Waals surface area contributed by atoms with E-state index in [1.54, 1.807) is 12.1 Å². The molecule has 0 aliphatic carbocycles. The molecule has 7 heteroatoms. The zero-order valence-corrected chi connectivity index (χ0v) is 13.4. The van der Waals surface area contributed by atoms with Crippen LogP contribution in [0.5, 0.6) is 0 Å². The van der Waals surface area contributed by atoms with Gasteiger partial charge in [0.05, 0.1) is 0 Å². The SMILES string of the molecule is CCCc1ccc(NC(=O)c2ccc(F)c(S(N)(=O)=O)c2)cc1. The Balaban J connectivity index is 2.21. The lowest BCUT2D eigenvalue weighted by Crippen LogP contribution is -2.17. The summed E-state index contributed by atoms with van der Waals surface area (Å²) >= 11 is 0. The summed E-state index contributed by atoms with van der Waals surface area (Å²) in [5, 5.41) is 7.55. The van der Waals surface area contributed by atoms with Crippen molar-refractivity contribution in [3.63, 3.8) is 0 Å². The van der Waals surface area contributed by atoms with Gasteiger partial charge in [0.2, 0.25) is 10.0 Å². The molecule has 2 rings (SSSR count). The third-order valence-electron chi connectivity index (χ3n) is 3.25. The fourth-order valence-electron chi connectivity index (χ4n) is 2.11. The molecule has 0 saturated heterocycles. The first-order valence-corrected chi connectivity index (χ1v) is 8.58. The molecular formula is C16H17FN2O3S. The second kappa shape index (κ2) is 6.89. The van der Waals surface area contributed by atoms with Crippen molar-refractivity contribution in [2.24, 2.45) is 5.14 Å². The summed E-state index contributed by atoms with van der Waals surface area (Å²) in [6, 6.07) is 10.3. The Labute approximate surface area is 134 Å². The van der Waals surface area contributed by atoms with Crippen LogP contribution in [0, 0.1) is 5.82 Å². The Morgan fingerprint density at radius 1 is 1.17 bits per heavy atom. The molecule has 0 unspecified atom stereocenters. The number of nitrogens with one attached hydrogen (secondary N) is 1. The molecule has 0 bridgehead atoms. The van der Waals surface area contributed by atoms with E-state index >= 15 is 0 Å². The number of carbonyl (C=O) groups excluding carboxylic acids is 1. The number of hydrogen-bond donors (Lipinski definition) is 2. The molecule has 0 spiro atoms. The molecule has 23 heavy (non-hydrogen) atoms. The van der Waals surface area contributed by atoms with Crippen LogP contribution in [-0.2, 0) is 16.4 Å². The van der Waals surface area contributed by atoms with Gasteiger partial charge in [-0.2, -0.15) is 0 Å². The second-order valence-corrected chi connectivity index (χ2v) is 6.62. The summed E-state index contributed by atoms with van der Waals surface area (Å²) in [7, 11) is -4.23. The van der Waals surface area contributed by atoms with Gasteiger partial charge in [0, 0.05) is 11.3 Å². The molecular weight excluding hydrogens is 319 g/mol. The van der Waals surface area contributed by atoms with Crippen molar-refractivity contribution in [2.75, 3.05) is 5.32 Å². The van der Waals surface area contributed by atoms with Crippen LogP contribution in [-0.4, -0.2) is 14.3 Å². The standard InChI is InChI=1S/C16H17FN2O3S/c1-2-3-11-4-7-13(8-5-11)19-16(20)12-6-9-14(17)15(10-12)23(18,21)22/h4-10H,2-3H2,1H3,(H,19,20)(H2,18,21,22). The Hall–Kier alpha value is -2.25. The van der Waals surface area contributed by atoms with Gasteiger partial charge in [-0.25, -0.2) is 17.9 Å². The second-order valence-electron chi connectivity index (χ2n) is 5.09. The van der Waals surface area contributed by atoms with Crippen molar-refractivity contribution in [2.45, 2.75) is 24.7 Å². The zero-order chi connectivity index (χ0) is 17.0. The first-order valence-electron chi connectivity index (χ1n) is 7.04. The molecule has 0 aliphatic heterocycles. The first-order chi connectivity index (χ1) is 10.8. The van der Waals surface area contributed by atoms with E-state index in [2.05, 4.69) is 12.2 Å². The molecule has 0 aliphatic rings. The number of nitrogens with two attached hydrogens (primary N) is 1. The summed E-state index contributed by atoms with van der Waals surface area (Å²) in [6.45, 7) is 2.08. The van der Waals surface area contributed by atoms with Gasteiger partial charge in [-0.05, 0) is 42.3 Å². The van der Waals surface area contributed by atoms with E-state index in [-0.39, 0.29) is 5.56 Å². The molecule has 2 aromatic rings. The van der Waals surface area contributed by atoms with E-state index in [1.165, 1.54) is 6.07 Å². The number of hydrogen-bond acceptors (Lipinski definition) is 3. The van der Waals surface area contributed by atoms with E-state index in [0.717, 1.165) is 30.5 Å². The third kappa shape index (κ3) is 4.37. The number of aryl methyl sites for hydroxylation is 1. The van der Waals surface area contributed by atoms with Crippen molar-refractivity contribution in [1.82, 2.24) is 0 Å². The molecule has 2 aromatic carbocycles. The molecule has 0 atom stereocenters. The predicted molar refractivity (Wildman–Crippen MR) is 86.2 cm³/mol. The molecule has 0 radical (unpaired) electrons. The molecule has 0 aromatic heterocycles. The summed E-state index contributed by atoms with van der Waals surface area (Å²) in [5.74, 6) is -1.54. The van der Waals surface area contributed by atoms with Gasteiger partial charge in [0.15, 0.2) is 0 Å². The molecule has 0 saturated carbocycles. The van der Waals surface area contributed by atoms with Gasteiger partial charge in [-0.3, -0.25) is 4.79 Å². The van der Waals surface area contributed by atoms with Gasteiger partial charge in [-0.15, -0.1) is 0 Å². The number of sulfonamides is 1. The Morgan fingerprint density at radius 3 is 2.39 bits per heavy atom. The van der Waals surface area contributed by atoms with Crippen LogP contribution in [0.3, 0.4) is 0 Å². The zero-order valence-electron chi connectivity index (χ0n) is 12.5.